The summed E-state index contributed by atoms with van der Waals surface area (Å²) in [5.74, 6) is 0.860. The molecule has 0 radical (unpaired) electrons. The number of nitrogen functional groups attached to an aromatic ring is 1. The number of aromatic nitrogens is 3. The monoisotopic (exact) mass is 238 g/mol. The van der Waals surface area contributed by atoms with Crippen LogP contribution in [-0.2, 0) is 7.05 Å². The highest BCUT2D eigenvalue weighted by Gasteiger charge is 2.14. The summed E-state index contributed by atoms with van der Waals surface area (Å²) in [6.07, 6.45) is 1.77. The lowest BCUT2D eigenvalue weighted by Crippen LogP contribution is -1.99. The minimum absolute atomic E-state index is 0.744. The van der Waals surface area contributed by atoms with Gasteiger partial charge in [0.05, 0.1) is 0 Å². The highest BCUT2D eigenvalue weighted by Crippen LogP contribution is 2.30. The fourth-order valence-electron chi connectivity index (χ4n) is 2.24. The van der Waals surface area contributed by atoms with E-state index in [9.17, 15) is 0 Å². The van der Waals surface area contributed by atoms with Crippen LogP contribution in [0.2, 0.25) is 0 Å². The number of imidazole rings is 1. The van der Waals surface area contributed by atoms with Crippen LogP contribution in [-0.4, -0.2) is 14.5 Å². The van der Waals surface area contributed by atoms with Gasteiger partial charge in [0.1, 0.15) is 11.3 Å². The first-order valence-electron chi connectivity index (χ1n) is 5.81. The number of anilines is 1. The van der Waals surface area contributed by atoms with Crippen molar-refractivity contribution in [1.29, 1.82) is 0 Å². The molecular formula is C14H14N4. The van der Waals surface area contributed by atoms with E-state index in [1.54, 1.807) is 6.20 Å². The first kappa shape index (κ1) is 10.8. The molecule has 0 aliphatic heterocycles. The summed E-state index contributed by atoms with van der Waals surface area (Å²) < 4.78 is 1.98. The number of rotatable bonds is 1. The second-order valence-corrected chi connectivity index (χ2v) is 4.38. The molecule has 2 heterocycles. The molecule has 4 nitrogen and oxygen atoms in total. The second-order valence-electron chi connectivity index (χ2n) is 4.38. The largest absolute Gasteiger partial charge is 0.398 e. The molecule has 0 aliphatic carbocycles. The van der Waals surface area contributed by atoms with Gasteiger partial charge in [-0.2, -0.15) is 0 Å². The summed E-state index contributed by atoms with van der Waals surface area (Å²) in [7, 11) is 1.96. The van der Waals surface area contributed by atoms with E-state index in [1.165, 1.54) is 0 Å². The van der Waals surface area contributed by atoms with Gasteiger partial charge < -0.3 is 10.3 Å². The van der Waals surface area contributed by atoms with Crippen molar-refractivity contribution in [2.24, 2.45) is 7.05 Å². The maximum Gasteiger partial charge on any atom is 0.160 e. The molecule has 0 fully saturated rings. The molecule has 0 unspecified atom stereocenters. The van der Waals surface area contributed by atoms with E-state index in [4.69, 9.17) is 5.73 Å². The van der Waals surface area contributed by atoms with Gasteiger partial charge in [-0.15, -0.1) is 0 Å². The minimum Gasteiger partial charge on any atom is -0.398 e. The SMILES string of the molecule is Cc1cccc(N)c1-c1nc2cccnc2n1C. The third-order valence-electron chi connectivity index (χ3n) is 3.16. The van der Waals surface area contributed by atoms with E-state index in [0.29, 0.717) is 0 Å². The van der Waals surface area contributed by atoms with E-state index >= 15 is 0 Å². The molecule has 18 heavy (non-hydrogen) atoms. The lowest BCUT2D eigenvalue weighted by atomic mass is 10.1. The van der Waals surface area contributed by atoms with Gasteiger partial charge in [0.15, 0.2) is 5.65 Å². The number of hydrogen-bond acceptors (Lipinski definition) is 3. The Morgan fingerprint density at radius 1 is 1.17 bits per heavy atom. The lowest BCUT2D eigenvalue weighted by molar-refractivity contribution is 0.941. The Morgan fingerprint density at radius 3 is 2.72 bits per heavy atom. The van der Waals surface area contributed by atoms with Crippen LogP contribution >= 0.6 is 0 Å². The van der Waals surface area contributed by atoms with Crippen LogP contribution in [0.5, 0.6) is 0 Å². The van der Waals surface area contributed by atoms with E-state index < -0.39 is 0 Å². The molecule has 0 spiro atoms. The molecule has 3 rings (SSSR count). The van der Waals surface area contributed by atoms with Crippen molar-refractivity contribution in [2.75, 3.05) is 5.73 Å². The van der Waals surface area contributed by atoms with E-state index in [2.05, 4.69) is 9.97 Å². The average Bonchev–Trinajstić information content (AvgIpc) is 2.68. The van der Waals surface area contributed by atoms with Crippen molar-refractivity contribution in [3.8, 4) is 11.4 Å². The van der Waals surface area contributed by atoms with E-state index in [0.717, 1.165) is 33.8 Å². The standard InChI is InChI=1S/C14H14N4/c1-9-5-3-6-10(15)12(9)14-17-11-7-4-8-16-13(11)18(14)2/h3-8H,15H2,1-2H3. The van der Waals surface area contributed by atoms with Crippen molar-refractivity contribution in [1.82, 2.24) is 14.5 Å². The summed E-state index contributed by atoms with van der Waals surface area (Å²) in [5.41, 5.74) is 10.7. The third-order valence-corrected chi connectivity index (χ3v) is 3.16. The van der Waals surface area contributed by atoms with Crippen LogP contribution in [0.15, 0.2) is 36.5 Å². The van der Waals surface area contributed by atoms with Gasteiger partial charge in [0, 0.05) is 24.5 Å². The molecule has 2 aromatic heterocycles. The lowest BCUT2D eigenvalue weighted by Gasteiger charge is -2.08. The molecule has 3 aromatic rings. The molecule has 4 heteroatoms. The molecule has 0 saturated carbocycles. The van der Waals surface area contributed by atoms with Gasteiger partial charge in [-0.3, -0.25) is 0 Å². The number of nitrogens with two attached hydrogens (primary N) is 1. The summed E-state index contributed by atoms with van der Waals surface area (Å²) in [5, 5.41) is 0. The summed E-state index contributed by atoms with van der Waals surface area (Å²) >= 11 is 0. The van der Waals surface area contributed by atoms with Crippen LogP contribution in [0.1, 0.15) is 5.56 Å². The molecule has 90 valence electrons. The molecule has 0 amide bonds. The van der Waals surface area contributed by atoms with Crippen molar-refractivity contribution in [3.63, 3.8) is 0 Å². The number of aryl methyl sites for hydroxylation is 2. The first-order chi connectivity index (χ1) is 8.68. The quantitative estimate of drug-likeness (QED) is 0.663. The zero-order chi connectivity index (χ0) is 12.7. The fraction of sp³-hybridized carbons (Fsp3) is 0.143. The number of fused-ring (bicyclic) bond motifs is 1. The summed E-state index contributed by atoms with van der Waals surface area (Å²) in [4.78, 5) is 8.97. The maximum atomic E-state index is 6.07. The van der Waals surface area contributed by atoms with Crippen molar-refractivity contribution in [2.45, 2.75) is 6.92 Å². The van der Waals surface area contributed by atoms with Crippen LogP contribution in [0.3, 0.4) is 0 Å². The van der Waals surface area contributed by atoms with Crippen LogP contribution in [0.25, 0.3) is 22.6 Å². The van der Waals surface area contributed by atoms with Gasteiger partial charge in [0.2, 0.25) is 0 Å². The number of nitrogens with zero attached hydrogens (tertiary/aromatic N) is 3. The van der Waals surface area contributed by atoms with Gasteiger partial charge in [-0.05, 0) is 30.7 Å². The number of benzene rings is 1. The highest BCUT2D eigenvalue weighted by molar-refractivity contribution is 5.82. The first-order valence-corrected chi connectivity index (χ1v) is 5.81. The zero-order valence-corrected chi connectivity index (χ0v) is 10.4. The van der Waals surface area contributed by atoms with Gasteiger partial charge in [0.25, 0.3) is 0 Å². The normalized spacial score (nSPS) is 11.0. The Hall–Kier alpha value is -2.36. The second kappa shape index (κ2) is 3.84. The van der Waals surface area contributed by atoms with E-state index in [-0.39, 0.29) is 0 Å². The van der Waals surface area contributed by atoms with Crippen LogP contribution < -0.4 is 5.73 Å². The zero-order valence-electron chi connectivity index (χ0n) is 10.4. The van der Waals surface area contributed by atoms with Crippen molar-refractivity contribution < 1.29 is 0 Å². The van der Waals surface area contributed by atoms with E-state index in [1.807, 2.05) is 48.9 Å². The molecule has 0 atom stereocenters. The Morgan fingerprint density at radius 2 is 2.00 bits per heavy atom. The minimum atomic E-state index is 0.744. The third kappa shape index (κ3) is 1.46. The molecule has 0 aliphatic rings. The smallest absolute Gasteiger partial charge is 0.160 e. The van der Waals surface area contributed by atoms with Crippen LogP contribution in [0.4, 0.5) is 5.69 Å². The Balaban J connectivity index is 2.36. The van der Waals surface area contributed by atoms with Crippen LogP contribution in [0, 0.1) is 6.92 Å². The predicted molar refractivity (Wildman–Crippen MR) is 73.1 cm³/mol. The Bertz CT molecular complexity index is 707. The maximum absolute atomic E-state index is 6.07. The predicted octanol–water partition coefficient (Wildman–Crippen LogP) is 2.53. The molecule has 0 saturated heterocycles. The Labute approximate surface area is 105 Å². The van der Waals surface area contributed by atoms with Crippen molar-refractivity contribution in [3.05, 3.63) is 42.1 Å². The molecule has 1 aromatic carbocycles. The van der Waals surface area contributed by atoms with Gasteiger partial charge in [-0.1, -0.05) is 12.1 Å². The average molecular weight is 238 g/mol. The highest BCUT2D eigenvalue weighted by atomic mass is 15.1. The fourth-order valence-corrected chi connectivity index (χ4v) is 2.24. The Kier molecular flexibility index (Phi) is 2.30. The molecular weight excluding hydrogens is 224 g/mol. The summed E-state index contributed by atoms with van der Waals surface area (Å²) in [6.45, 7) is 2.04. The summed E-state index contributed by atoms with van der Waals surface area (Å²) in [6, 6.07) is 9.74. The van der Waals surface area contributed by atoms with Gasteiger partial charge in [-0.25, -0.2) is 9.97 Å². The number of hydrogen-bond donors (Lipinski definition) is 1. The molecule has 0 bridgehead atoms. The topological polar surface area (TPSA) is 56.7 Å². The van der Waals surface area contributed by atoms with Gasteiger partial charge >= 0.3 is 0 Å². The molecule has 2 N–H and O–H groups in total. The number of pyridine rings is 1. The van der Waals surface area contributed by atoms with Crippen molar-refractivity contribution >= 4 is 16.9 Å².